The molecule has 3 heteroatoms. The van der Waals surface area contributed by atoms with Crippen LogP contribution in [0.1, 0.15) is 50.8 Å². The maximum absolute atomic E-state index is 10.3. The Balaban J connectivity index is 2.34. The zero-order valence-corrected chi connectivity index (χ0v) is 13.2. The van der Waals surface area contributed by atoms with Crippen LogP contribution in [-0.4, -0.2) is 30.1 Å². The molecule has 1 aromatic carbocycles. The Morgan fingerprint density at radius 3 is 2.65 bits per heavy atom. The summed E-state index contributed by atoms with van der Waals surface area (Å²) in [6.07, 6.45) is 2.12. The minimum atomic E-state index is 0.146. The summed E-state index contributed by atoms with van der Waals surface area (Å²) in [5.74, 6) is 0.947. The molecule has 1 saturated heterocycles. The van der Waals surface area contributed by atoms with Crippen molar-refractivity contribution in [2.75, 3.05) is 20.1 Å². The zero-order chi connectivity index (χ0) is 14.9. The van der Waals surface area contributed by atoms with E-state index in [0.717, 1.165) is 31.5 Å². The van der Waals surface area contributed by atoms with Gasteiger partial charge in [0, 0.05) is 18.2 Å². The quantitative estimate of drug-likeness (QED) is 0.888. The Morgan fingerprint density at radius 2 is 2.10 bits per heavy atom. The van der Waals surface area contributed by atoms with Gasteiger partial charge in [0.05, 0.1) is 0 Å². The Labute approximate surface area is 122 Å². The molecule has 0 saturated carbocycles. The molecule has 2 rings (SSSR count). The van der Waals surface area contributed by atoms with Crippen LogP contribution in [0.3, 0.4) is 0 Å². The van der Waals surface area contributed by atoms with Crippen molar-refractivity contribution in [1.29, 1.82) is 0 Å². The molecule has 20 heavy (non-hydrogen) atoms. The van der Waals surface area contributed by atoms with E-state index in [1.54, 1.807) is 0 Å². The fourth-order valence-electron chi connectivity index (χ4n) is 3.09. The SMILES string of the molecule is CCC(C)(C)c1ccc(O)c(C2CC(CN)CN2C)c1. The lowest BCUT2D eigenvalue weighted by molar-refractivity contribution is 0.305. The number of nitrogens with zero attached hydrogens (tertiary/aromatic N) is 1. The van der Waals surface area contributed by atoms with Gasteiger partial charge in [-0.3, -0.25) is 4.90 Å². The molecule has 1 aromatic rings. The molecule has 1 aliphatic heterocycles. The number of aromatic hydroxyl groups is 1. The normalized spacial score (nSPS) is 24.2. The van der Waals surface area contributed by atoms with Crippen LogP contribution in [0.15, 0.2) is 18.2 Å². The third kappa shape index (κ3) is 2.84. The molecule has 1 heterocycles. The van der Waals surface area contributed by atoms with E-state index in [4.69, 9.17) is 5.73 Å². The summed E-state index contributed by atoms with van der Waals surface area (Å²) in [6, 6.07) is 6.39. The first-order chi connectivity index (χ1) is 9.39. The molecule has 3 N–H and O–H groups in total. The first-order valence-electron chi connectivity index (χ1n) is 7.62. The molecule has 3 nitrogen and oxygen atoms in total. The van der Waals surface area contributed by atoms with Gasteiger partial charge in [0.15, 0.2) is 0 Å². The van der Waals surface area contributed by atoms with E-state index in [1.807, 2.05) is 6.07 Å². The summed E-state index contributed by atoms with van der Waals surface area (Å²) in [5, 5.41) is 10.3. The average molecular weight is 276 g/mol. The molecule has 0 aliphatic carbocycles. The second kappa shape index (κ2) is 5.74. The van der Waals surface area contributed by atoms with Gasteiger partial charge in [0.1, 0.15) is 5.75 Å². The lowest BCUT2D eigenvalue weighted by atomic mass is 9.81. The number of phenols is 1. The van der Waals surface area contributed by atoms with Crippen molar-refractivity contribution < 1.29 is 5.11 Å². The fourth-order valence-corrected chi connectivity index (χ4v) is 3.09. The van der Waals surface area contributed by atoms with Crippen LogP contribution in [0.5, 0.6) is 5.75 Å². The minimum absolute atomic E-state index is 0.146. The van der Waals surface area contributed by atoms with E-state index < -0.39 is 0 Å². The van der Waals surface area contributed by atoms with Crippen molar-refractivity contribution in [2.45, 2.75) is 45.1 Å². The van der Waals surface area contributed by atoms with Crippen molar-refractivity contribution in [3.8, 4) is 5.75 Å². The molecular formula is C17H28N2O. The van der Waals surface area contributed by atoms with Gasteiger partial charge in [-0.1, -0.05) is 26.8 Å². The van der Waals surface area contributed by atoms with Crippen molar-refractivity contribution in [3.63, 3.8) is 0 Å². The van der Waals surface area contributed by atoms with Crippen LogP contribution in [0.25, 0.3) is 0 Å². The Bertz CT molecular complexity index is 470. The Kier molecular flexibility index (Phi) is 4.40. The predicted octanol–water partition coefficient (Wildman–Crippen LogP) is 3.03. The van der Waals surface area contributed by atoms with Gasteiger partial charge in [0.25, 0.3) is 0 Å². The van der Waals surface area contributed by atoms with Gasteiger partial charge in [0.2, 0.25) is 0 Å². The smallest absolute Gasteiger partial charge is 0.120 e. The van der Waals surface area contributed by atoms with E-state index in [-0.39, 0.29) is 11.5 Å². The van der Waals surface area contributed by atoms with Crippen LogP contribution >= 0.6 is 0 Å². The van der Waals surface area contributed by atoms with Crippen LogP contribution in [0, 0.1) is 5.92 Å². The molecule has 0 aromatic heterocycles. The van der Waals surface area contributed by atoms with Crippen molar-refractivity contribution in [1.82, 2.24) is 4.90 Å². The molecule has 1 aliphatic rings. The molecule has 0 radical (unpaired) electrons. The topological polar surface area (TPSA) is 49.5 Å². The molecule has 0 amide bonds. The number of hydrogen-bond acceptors (Lipinski definition) is 3. The monoisotopic (exact) mass is 276 g/mol. The molecule has 0 spiro atoms. The van der Waals surface area contributed by atoms with Gasteiger partial charge in [-0.05, 0) is 55.5 Å². The Morgan fingerprint density at radius 1 is 1.40 bits per heavy atom. The van der Waals surface area contributed by atoms with Crippen molar-refractivity contribution in [2.24, 2.45) is 11.7 Å². The number of rotatable bonds is 4. The maximum atomic E-state index is 10.3. The number of benzene rings is 1. The van der Waals surface area contributed by atoms with Gasteiger partial charge in [-0.2, -0.15) is 0 Å². The number of phenolic OH excluding ortho intramolecular Hbond substituents is 1. The highest BCUT2D eigenvalue weighted by atomic mass is 16.3. The van der Waals surface area contributed by atoms with Gasteiger partial charge in [-0.25, -0.2) is 0 Å². The zero-order valence-electron chi connectivity index (χ0n) is 13.2. The fraction of sp³-hybridized carbons (Fsp3) is 0.647. The third-order valence-corrected chi connectivity index (χ3v) is 5.02. The lowest BCUT2D eigenvalue weighted by Gasteiger charge is -2.27. The molecule has 1 fully saturated rings. The summed E-state index contributed by atoms with van der Waals surface area (Å²) in [7, 11) is 2.12. The minimum Gasteiger partial charge on any atom is -0.508 e. The summed E-state index contributed by atoms with van der Waals surface area (Å²) < 4.78 is 0. The van der Waals surface area contributed by atoms with Crippen molar-refractivity contribution in [3.05, 3.63) is 29.3 Å². The highest BCUT2D eigenvalue weighted by Gasteiger charge is 2.32. The van der Waals surface area contributed by atoms with E-state index in [1.165, 1.54) is 5.56 Å². The molecule has 0 bridgehead atoms. The van der Waals surface area contributed by atoms with Gasteiger partial charge < -0.3 is 10.8 Å². The molecular weight excluding hydrogens is 248 g/mol. The lowest BCUT2D eigenvalue weighted by Crippen LogP contribution is -2.21. The number of hydrogen-bond donors (Lipinski definition) is 2. The standard InChI is InChI=1S/C17H28N2O/c1-5-17(2,3)13-6-7-16(20)14(9-13)15-8-12(10-18)11-19(15)4/h6-7,9,12,15,20H,5,8,10-11,18H2,1-4H3. The highest BCUT2D eigenvalue weighted by Crippen LogP contribution is 2.40. The van der Waals surface area contributed by atoms with E-state index in [0.29, 0.717) is 11.7 Å². The Hall–Kier alpha value is -1.06. The second-order valence-corrected chi connectivity index (χ2v) is 6.80. The first-order valence-corrected chi connectivity index (χ1v) is 7.62. The summed E-state index contributed by atoms with van der Waals surface area (Å²) in [4.78, 5) is 2.31. The van der Waals surface area contributed by atoms with Crippen LogP contribution in [0.2, 0.25) is 0 Å². The second-order valence-electron chi connectivity index (χ2n) is 6.80. The summed E-state index contributed by atoms with van der Waals surface area (Å²) in [5.41, 5.74) is 8.31. The third-order valence-electron chi connectivity index (χ3n) is 5.02. The molecule has 2 unspecified atom stereocenters. The van der Waals surface area contributed by atoms with Crippen LogP contribution in [-0.2, 0) is 5.41 Å². The van der Waals surface area contributed by atoms with Gasteiger partial charge in [-0.15, -0.1) is 0 Å². The van der Waals surface area contributed by atoms with E-state index in [9.17, 15) is 5.11 Å². The highest BCUT2D eigenvalue weighted by molar-refractivity contribution is 5.41. The number of nitrogens with two attached hydrogens (primary N) is 1. The maximum Gasteiger partial charge on any atom is 0.120 e. The summed E-state index contributed by atoms with van der Waals surface area (Å²) >= 11 is 0. The number of likely N-dealkylation sites (tertiary alicyclic amines) is 1. The first kappa shape index (κ1) is 15.3. The summed E-state index contributed by atoms with van der Waals surface area (Å²) in [6.45, 7) is 8.46. The van der Waals surface area contributed by atoms with E-state index >= 15 is 0 Å². The molecule has 112 valence electrons. The predicted molar refractivity (Wildman–Crippen MR) is 84.0 cm³/mol. The van der Waals surface area contributed by atoms with Crippen LogP contribution < -0.4 is 5.73 Å². The van der Waals surface area contributed by atoms with Gasteiger partial charge >= 0.3 is 0 Å². The van der Waals surface area contributed by atoms with Crippen LogP contribution in [0.4, 0.5) is 0 Å². The van der Waals surface area contributed by atoms with E-state index in [2.05, 4.69) is 44.9 Å². The van der Waals surface area contributed by atoms with Crippen molar-refractivity contribution >= 4 is 0 Å². The average Bonchev–Trinajstić information content (AvgIpc) is 2.80. The molecule has 2 atom stereocenters. The largest absolute Gasteiger partial charge is 0.508 e.